The third-order valence-corrected chi connectivity index (χ3v) is 4.40. The van der Waals surface area contributed by atoms with E-state index in [2.05, 4.69) is 10.6 Å². The van der Waals surface area contributed by atoms with Gasteiger partial charge in [0.1, 0.15) is 5.75 Å². The smallest absolute Gasteiger partial charge is 0.291 e. The summed E-state index contributed by atoms with van der Waals surface area (Å²) in [4.78, 5) is 24.7. The minimum absolute atomic E-state index is 0.202. The molecule has 2 aromatic heterocycles. The molecule has 25 heavy (non-hydrogen) atoms. The summed E-state index contributed by atoms with van der Waals surface area (Å²) < 4.78 is 10.2. The third-order valence-electron chi connectivity index (χ3n) is 3.40. The van der Waals surface area contributed by atoms with Crippen LogP contribution in [0.3, 0.4) is 0 Å². The number of methoxy groups -OCH3 is 1. The number of thiophene rings is 1. The number of furan rings is 1. The zero-order valence-corrected chi connectivity index (χ0v) is 14.3. The first-order chi connectivity index (χ1) is 12.2. The lowest BCUT2D eigenvalue weighted by atomic mass is 10.2. The number of hydrogen-bond acceptors (Lipinski definition) is 5. The number of nitrogens with one attached hydrogen (secondary N) is 2. The second-order valence-corrected chi connectivity index (χ2v) is 6.21. The monoisotopic (exact) mass is 356 g/mol. The highest BCUT2D eigenvalue weighted by molar-refractivity contribution is 7.18. The quantitative estimate of drug-likeness (QED) is 0.708. The molecule has 0 aliphatic heterocycles. The maximum absolute atomic E-state index is 12.2. The van der Waals surface area contributed by atoms with Gasteiger partial charge in [0.15, 0.2) is 5.76 Å². The van der Waals surface area contributed by atoms with E-state index in [4.69, 9.17) is 9.15 Å². The zero-order chi connectivity index (χ0) is 17.6. The van der Waals surface area contributed by atoms with Gasteiger partial charge in [0.05, 0.1) is 23.3 Å². The van der Waals surface area contributed by atoms with Crippen molar-refractivity contribution in [2.45, 2.75) is 6.54 Å². The molecular formula is C18H16N2O4S. The van der Waals surface area contributed by atoms with E-state index in [9.17, 15) is 9.59 Å². The van der Waals surface area contributed by atoms with E-state index in [1.165, 1.54) is 17.6 Å². The predicted octanol–water partition coefficient (Wildman–Crippen LogP) is 3.53. The van der Waals surface area contributed by atoms with Gasteiger partial charge in [-0.25, -0.2) is 0 Å². The molecule has 0 saturated carbocycles. The van der Waals surface area contributed by atoms with Gasteiger partial charge in [0.2, 0.25) is 0 Å². The van der Waals surface area contributed by atoms with E-state index >= 15 is 0 Å². The van der Waals surface area contributed by atoms with E-state index in [1.54, 1.807) is 31.4 Å². The maximum atomic E-state index is 12.2. The summed E-state index contributed by atoms with van der Waals surface area (Å²) in [5.74, 6) is 0.407. The Morgan fingerprint density at radius 1 is 1.12 bits per heavy atom. The lowest BCUT2D eigenvalue weighted by Crippen LogP contribution is -2.21. The first-order valence-corrected chi connectivity index (χ1v) is 8.33. The van der Waals surface area contributed by atoms with Crippen LogP contribution >= 0.6 is 11.3 Å². The molecule has 0 aliphatic carbocycles. The maximum Gasteiger partial charge on any atom is 0.291 e. The number of carbonyl (C=O) groups is 2. The number of carbonyl (C=O) groups excluding carboxylic acids is 2. The molecule has 2 N–H and O–H groups in total. The average Bonchev–Trinajstić information content (AvgIpc) is 3.31. The molecule has 7 heteroatoms. The standard InChI is InChI=1S/C18H16N2O4S/c1-23-13-5-2-4-12(10-13)11-19-18(22)15-7-8-16(25-15)20-17(21)14-6-3-9-24-14/h2-10H,11H2,1H3,(H,19,22)(H,20,21). The largest absolute Gasteiger partial charge is 0.497 e. The van der Waals surface area contributed by atoms with Gasteiger partial charge in [-0.1, -0.05) is 12.1 Å². The fraction of sp³-hybridized carbons (Fsp3) is 0.111. The lowest BCUT2D eigenvalue weighted by Gasteiger charge is -2.06. The fourth-order valence-corrected chi connectivity index (χ4v) is 2.98. The molecule has 0 radical (unpaired) electrons. The summed E-state index contributed by atoms with van der Waals surface area (Å²) in [7, 11) is 1.60. The molecule has 0 atom stereocenters. The van der Waals surface area contributed by atoms with Crippen LogP contribution in [-0.4, -0.2) is 18.9 Å². The summed E-state index contributed by atoms with van der Waals surface area (Å²) in [6.07, 6.45) is 1.43. The number of amides is 2. The van der Waals surface area contributed by atoms with E-state index in [0.717, 1.165) is 11.3 Å². The molecule has 0 saturated heterocycles. The molecule has 0 bridgehead atoms. The summed E-state index contributed by atoms with van der Waals surface area (Å²) in [5.41, 5.74) is 0.940. The summed E-state index contributed by atoms with van der Waals surface area (Å²) in [6, 6.07) is 14.1. The summed E-state index contributed by atoms with van der Waals surface area (Å²) in [6.45, 7) is 0.391. The Bertz CT molecular complexity index is 871. The van der Waals surface area contributed by atoms with Crippen molar-refractivity contribution in [1.29, 1.82) is 0 Å². The third kappa shape index (κ3) is 4.27. The minimum Gasteiger partial charge on any atom is -0.497 e. The summed E-state index contributed by atoms with van der Waals surface area (Å²) in [5, 5.41) is 6.12. The van der Waals surface area contributed by atoms with Gasteiger partial charge < -0.3 is 19.8 Å². The van der Waals surface area contributed by atoms with Crippen LogP contribution in [0.5, 0.6) is 5.75 Å². The molecule has 2 heterocycles. The van der Waals surface area contributed by atoms with Gasteiger partial charge in [-0.15, -0.1) is 11.3 Å². The van der Waals surface area contributed by atoms with Crippen LogP contribution in [-0.2, 0) is 6.54 Å². The molecule has 3 rings (SSSR count). The van der Waals surface area contributed by atoms with E-state index in [1.807, 2.05) is 24.3 Å². The van der Waals surface area contributed by atoms with Crippen LogP contribution in [0.2, 0.25) is 0 Å². The lowest BCUT2D eigenvalue weighted by molar-refractivity contribution is 0.0953. The van der Waals surface area contributed by atoms with E-state index in [-0.39, 0.29) is 17.6 Å². The van der Waals surface area contributed by atoms with Gasteiger partial charge in [-0.3, -0.25) is 9.59 Å². The molecule has 2 amide bonds. The number of anilines is 1. The number of ether oxygens (including phenoxy) is 1. The van der Waals surface area contributed by atoms with Crippen LogP contribution in [0, 0.1) is 0 Å². The molecule has 6 nitrogen and oxygen atoms in total. The topological polar surface area (TPSA) is 80.6 Å². The normalized spacial score (nSPS) is 10.3. The number of benzene rings is 1. The molecule has 0 spiro atoms. The molecule has 0 fully saturated rings. The van der Waals surface area contributed by atoms with Crippen molar-refractivity contribution in [3.8, 4) is 5.75 Å². The van der Waals surface area contributed by atoms with Gasteiger partial charge in [0.25, 0.3) is 11.8 Å². The second-order valence-electron chi connectivity index (χ2n) is 5.13. The Morgan fingerprint density at radius 2 is 2.00 bits per heavy atom. The van der Waals surface area contributed by atoms with Crippen molar-refractivity contribution in [3.63, 3.8) is 0 Å². The van der Waals surface area contributed by atoms with Crippen molar-refractivity contribution < 1.29 is 18.7 Å². The van der Waals surface area contributed by atoms with Crippen molar-refractivity contribution >= 4 is 28.2 Å². The van der Waals surface area contributed by atoms with Crippen molar-refractivity contribution in [1.82, 2.24) is 5.32 Å². The molecule has 1 aromatic carbocycles. The van der Waals surface area contributed by atoms with E-state index in [0.29, 0.717) is 16.4 Å². The average molecular weight is 356 g/mol. The van der Waals surface area contributed by atoms with Crippen LogP contribution < -0.4 is 15.4 Å². The fourth-order valence-electron chi connectivity index (χ4n) is 2.16. The number of hydrogen-bond donors (Lipinski definition) is 2. The predicted molar refractivity (Wildman–Crippen MR) is 95.1 cm³/mol. The Hall–Kier alpha value is -3.06. The molecular weight excluding hydrogens is 340 g/mol. The minimum atomic E-state index is -0.352. The van der Waals surface area contributed by atoms with E-state index < -0.39 is 0 Å². The Morgan fingerprint density at radius 3 is 2.76 bits per heavy atom. The highest BCUT2D eigenvalue weighted by Gasteiger charge is 2.13. The van der Waals surface area contributed by atoms with Crippen molar-refractivity contribution in [2.24, 2.45) is 0 Å². The van der Waals surface area contributed by atoms with Crippen LogP contribution in [0.1, 0.15) is 25.8 Å². The van der Waals surface area contributed by atoms with Gasteiger partial charge in [-0.2, -0.15) is 0 Å². The van der Waals surface area contributed by atoms with Crippen molar-refractivity contribution in [3.05, 3.63) is 71.0 Å². The van der Waals surface area contributed by atoms with Gasteiger partial charge in [0, 0.05) is 6.54 Å². The Balaban J connectivity index is 1.57. The number of rotatable bonds is 6. The molecule has 0 aliphatic rings. The molecule has 128 valence electrons. The first kappa shape index (κ1) is 16.8. The highest BCUT2D eigenvalue weighted by Crippen LogP contribution is 2.23. The summed E-state index contributed by atoms with van der Waals surface area (Å²) >= 11 is 1.20. The molecule has 0 unspecified atom stereocenters. The Labute approximate surface area is 148 Å². The SMILES string of the molecule is COc1cccc(CNC(=O)c2ccc(NC(=O)c3ccco3)s2)c1. The van der Waals surface area contributed by atoms with Crippen LogP contribution in [0.4, 0.5) is 5.00 Å². The zero-order valence-electron chi connectivity index (χ0n) is 13.4. The van der Waals surface area contributed by atoms with Crippen molar-refractivity contribution in [2.75, 3.05) is 12.4 Å². The van der Waals surface area contributed by atoms with Gasteiger partial charge in [-0.05, 0) is 42.0 Å². The van der Waals surface area contributed by atoms with Crippen LogP contribution in [0.25, 0.3) is 0 Å². The highest BCUT2D eigenvalue weighted by atomic mass is 32.1. The second kappa shape index (κ2) is 7.67. The van der Waals surface area contributed by atoms with Crippen LogP contribution in [0.15, 0.2) is 59.2 Å². The Kier molecular flexibility index (Phi) is 5.15. The first-order valence-electron chi connectivity index (χ1n) is 7.51. The van der Waals surface area contributed by atoms with Gasteiger partial charge >= 0.3 is 0 Å². The molecule has 3 aromatic rings.